The fraction of sp³-hybridized carbons (Fsp3) is 0.250. The van der Waals surface area contributed by atoms with Crippen LogP contribution in [0.3, 0.4) is 0 Å². The third-order valence-corrected chi connectivity index (χ3v) is 2.66. The Morgan fingerprint density at radius 2 is 2.12 bits per heavy atom. The monoisotopic (exact) mass is 220 g/mol. The highest BCUT2D eigenvalue weighted by atomic mass is 19.1. The van der Waals surface area contributed by atoms with Gasteiger partial charge in [-0.15, -0.1) is 0 Å². The molecule has 84 valence electrons. The predicted octanol–water partition coefficient (Wildman–Crippen LogP) is 1.98. The van der Waals surface area contributed by atoms with Gasteiger partial charge in [-0.3, -0.25) is 9.89 Å². The van der Waals surface area contributed by atoms with Gasteiger partial charge in [-0.05, 0) is 31.5 Å². The van der Waals surface area contributed by atoms with Crippen LogP contribution in [0, 0.1) is 19.7 Å². The van der Waals surface area contributed by atoms with Crippen LogP contribution < -0.4 is 5.56 Å². The number of nitrogens with zero attached hydrogens (tertiary/aromatic N) is 1. The van der Waals surface area contributed by atoms with E-state index in [1.165, 1.54) is 16.8 Å². The molecule has 16 heavy (non-hydrogen) atoms. The molecule has 2 rings (SSSR count). The third-order valence-electron chi connectivity index (χ3n) is 2.66. The van der Waals surface area contributed by atoms with Crippen molar-refractivity contribution in [2.24, 2.45) is 0 Å². The van der Waals surface area contributed by atoms with Crippen LogP contribution in [0.25, 0.3) is 0 Å². The Morgan fingerprint density at radius 3 is 2.69 bits per heavy atom. The molecule has 0 spiro atoms. The second kappa shape index (κ2) is 3.96. The summed E-state index contributed by atoms with van der Waals surface area (Å²) >= 11 is 0. The Bertz CT molecular complexity index is 569. The molecule has 0 saturated carbocycles. The van der Waals surface area contributed by atoms with Crippen molar-refractivity contribution in [3.8, 4) is 0 Å². The highest BCUT2D eigenvalue weighted by molar-refractivity contribution is 5.18. The minimum atomic E-state index is -0.287. The first-order valence-corrected chi connectivity index (χ1v) is 5.08. The van der Waals surface area contributed by atoms with E-state index in [2.05, 4.69) is 5.10 Å². The fourth-order valence-corrected chi connectivity index (χ4v) is 1.63. The van der Waals surface area contributed by atoms with Crippen LogP contribution in [-0.4, -0.2) is 9.78 Å². The molecular weight excluding hydrogens is 207 g/mol. The SMILES string of the molecule is Cc1[nH]n(Cc2cccc(F)c2)c(=O)c1C. The van der Waals surface area contributed by atoms with Gasteiger partial charge < -0.3 is 0 Å². The van der Waals surface area contributed by atoms with Gasteiger partial charge in [0.05, 0.1) is 6.54 Å². The van der Waals surface area contributed by atoms with E-state index in [9.17, 15) is 9.18 Å². The van der Waals surface area contributed by atoms with Gasteiger partial charge >= 0.3 is 0 Å². The number of aromatic amines is 1. The lowest BCUT2D eigenvalue weighted by Crippen LogP contribution is -2.18. The minimum absolute atomic E-state index is 0.0539. The van der Waals surface area contributed by atoms with Crippen LogP contribution in [0.1, 0.15) is 16.8 Å². The average molecular weight is 220 g/mol. The van der Waals surface area contributed by atoms with Crippen molar-refractivity contribution in [1.82, 2.24) is 9.78 Å². The van der Waals surface area contributed by atoms with E-state index < -0.39 is 0 Å². The number of aryl methyl sites for hydroxylation is 1. The predicted molar refractivity (Wildman–Crippen MR) is 60.0 cm³/mol. The topological polar surface area (TPSA) is 37.8 Å². The summed E-state index contributed by atoms with van der Waals surface area (Å²) in [4.78, 5) is 11.7. The lowest BCUT2D eigenvalue weighted by atomic mass is 10.2. The first kappa shape index (κ1) is 10.7. The molecule has 1 aromatic carbocycles. The number of H-pyrrole nitrogens is 1. The lowest BCUT2D eigenvalue weighted by Gasteiger charge is -2.02. The lowest BCUT2D eigenvalue weighted by molar-refractivity contribution is 0.615. The van der Waals surface area contributed by atoms with Gasteiger partial charge in [0, 0.05) is 11.3 Å². The van der Waals surface area contributed by atoms with Gasteiger partial charge in [-0.25, -0.2) is 9.07 Å². The van der Waals surface area contributed by atoms with Crippen LogP contribution >= 0.6 is 0 Å². The van der Waals surface area contributed by atoms with Crippen molar-refractivity contribution in [3.05, 3.63) is 57.3 Å². The van der Waals surface area contributed by atoms with E-state index in [1.807, 2.05) is 6.92 Å². The fourth-order valence-electron chi connectivity index (χ4n) is 1.63. The van der Waals surface area contributed by atoms with Gasteiger partial charge in [0.1, 0.15) is 5.82 Å². The van der Waals surface area contributed by atoms with Crippen LogP contribution in [-0.2, 0) is 6.54 Å². The van der Waals surface area contributed by atoms with Crippen LogP contribution in [0.2, 0.25) is 0 Å². The van der Waals surface area contributed by atoms with Crippen molar-refractivity contribution in [1.29, 1.82) is 0 Å². The van der Waals surface area contributed by atoms with Crippen molar-refractivity contribution < 1.29 is 4.39 Å². The Balaban J connectivity index is 2.34. The first-order valence-electron chi connectivity index (χ1n) is 5.08. The molecule has 4 heteroatoms. The molecule has 1 N–H and O–H groups in total. The van der Waals surface area contributed by atoms with E-state index in [4.69, 9.17) is 0 Å². The molecule has 0 unspecified atom stereocenters. The number of aromatic nitrogens is 2. The maximum Gasteiger partial charge on any atom is 0.269 e. The Morgan fingerprint density at radius 1 is 1.38 bits per heavy atom. The third kappa shape index (κ3) is 1.91. The zero-order valence-corrected chi connectivity index (χ0v) is 9.25. The van der Waals surface area contributed by atoms with Gasteiger partial charge in [-0.1, -0.05) is 12.1 Å². The van der Waals surface area contributed by atoms with E-state index in [1.54, 1.807) is 19.1 Å². The molecule has 3 nitrogen and oxygen atoms in total. The molecule has 0 radical (unpaired) electrons. The quantitative estimate of drug-likeness (QED) is 0.825. The summed E-state index contributed by atoms with van der Waals surface area (Å²) in [5, 5.41) is 2.96. The van der Waals surface area contributed by atoms with Gasteiger partial charge in [-0.2, -0.15) is 0 Å². The van der Waals surface area contributed by atoms with Gasteiger partial charge in [0.25, 0.3) is 5.56 Å². The van der Waals surface area contributed by atoms with Crippen molar-refractivity contribution in [2.45, 2.75) is 20.4 Å². The minimum Gasteiger partial charge on any atom is -0.299 e. The van der Waals surface area contributed by atoms with Gasteiger partial charge in [0.15, 0.2) is 0 Å². The standard InChI is InChI=1S/C12H13FN2O/c1-8-9(2)14-15(12(8)16)7-10-4-3-5-11(13)6-10/h3-6,14H,7H2,1-2H3. The molecule has 0 saturated heterocycles. The maximum absolute atomic E-state index is 13.0. The summed E-state index contributed by atoms with van der Waals surface area (Å²) in [5.74, 6) is -0.287. The number of rotatable bonds is 2. The summed E-state index contributed by atoms with van der Waals surface area (Å²) in [6, 6.07) is 6.24. The number of hydrogen-bond donors (Lipinski definition) is 1. The molecule has 0 aliphatic rings. The Labute approximate surface area is 92.5 Å². The van der Waals surface area contributed by atoms with Crippen LogP contribution in [0.5, 0.6) is 0 Å². The second-order valence-electron chi connectivity index (χ2n) is 3.88. The van der Waals surface area contributed by atoms with E-state index in [-0.39, 0.29) is 11.4 Å². The molecule has 0 aliphatic carbocycles. The smallest absolute Gasteiger partial charge is 0.269 e. The molecule has 2 aromatic rings. The Hall–Kier alpha value is -1.84. The largest absolute Gasteiger partial charge is 0.299 e. The molecule has 0 aliphatic heterocycles. The second-order valence-corrected chi connectivity index (χ2v) is 3.88. The Kier molecular flexibility index (Phi) is 2.64. The summed E-state index contributed by atoms with van der Waals surface area (Å²) in [6.07, 6.45) is 0. The summed E-state index contributed by atoms with van der Waals surface area (Å²) < 4.78 is 14.4. The zero-order chi connectivity index (χ0) is 11.7. The van der Waals surface area contributed by atoms with E-state index in [0.717, 1.165) is 11.3 Å². The van der Waals surface area contributed by atoms with Gasteiger partial charge in [0.2, 0.25) is 0 Å². The highest BCUT2D eigenvalue weighted by Crippen LogP contribution is 2.05. The van der Waals surface area contributed by atoms with Crippen LogP contribution in [0.15, 0.2) is 29.1 Å². The summed E-state index contributed by atoms with van der Waals surface area (Å²) in [5.41, 5.74) is 2.27. The summed E-state index contributed by atoms with van der Waals surface area (Å²) in [7, 11) is 0. The molecule has 0 atom stereocenters. The average Bonchev–Trinajstić information content (AvgIpc) is 2.47. The molecular formula is C12H13FN2O. The van der Waals surface area contributed by atoms with Crippen molar-refractivity contribution >= 4 is 0 Å². The zero-order valence-electron chi connectivity index (χ0n) is 9.25. The van der Waals surface area contributed by atoms with E-state index >= 15 is 0 Å². The number of benzene rings is 1. The number of nitrogens with one attached hydrogen (secondary N) is 1. The first-order chi connectivity index (χ1) is 7.58. The molecule has 0 amide bonds. The number of halogens is 1. The molecule has 0 bridgehead atoms. The van der Waals surface area contributed by atoms with Crippen molar-refractivity contribution in [3.63, 3.8) is 0 Å². The summed E-state index contributed by atoms with van der Waals surface area (Å²) in [6.45, 7) is 3.99. The highest BCUT2D eigenvalue weighted by Gasteiger charge is 2.06. The van der Waals surface area contributed by atoms with Crippen molar-refractivity contribution in [2.75, 3.05) is 0 Å². The van der Waals surface area contributed by atoms with Crippen LogP contribution in [0.4, 0.5) is 4.39 Å². The normalized spacial score (nSPS) is 10.7. The molecule has 1 aromatic heterocycles. The number of hydrogen-bond acceptors (Lipinski definition) is 1. The molecule has 1 heterocycles. The maximum atomic E-state index is 13.0. The molecule has 0 fully saturated rings. The van der Waals surface area contributed by atoms with E-state index in [0.29, 0.717) is 12.1 Å².